The van der Waals surface area contributed by atoms with E-state index in [1.807, 2.05) is 0 Å². The molecule has 2 nitrogen and oxygen atoms in total. The molecule has 1 N–H and O–H groups in total. The van der Waals surface area contributed by atoms with E-state index < -0.39 is 0 Å². The molecule has 17 heavy (non-hydrogen) atoms. The molecule has 102 valence electrons. The molecule has 0 radical (unpaired) electrons. The van der Waals surface area contributed by atoms with E-state index >= 15 is 0 Å². The zero-order valence-corrected chi connectivity index (χ0v) is 12.6. The Bertz CT molecular complexity index is 207. The lowest BCUT2D eigenvalue weighted by Gasteiger charge is -2.41. The van der Waals surface area contributed by atoms with Crippen molar-refractivity contribution in [2.24, 2.45) is 5.41 Å². The highest BCUT2D eigenvalue weighted by atomic mass is 15.2. The van der Waals surface area contributed by atoms with Crippen molar-refractivity contribution >= 4 is 0 Å². The van der Waals surface area contributed by atoms with Crippen LogP contribution in [0.4, 0.5) is 0 Å². The second-order valence-corrected chi connectivity index (χ2v) is 6.76. The van der Waals surface area contributed by atoms with Crippen LogP contribution in [0.1, 0.15) is 60.3 Å². The van der Waals surface area contributed by atoms with Crippen LogP contribution in [0.15, 0.2) is 0 Å². The van der Waals surface area contributed by atoms with Crippen LogP contribution in [0.2, 0.25) is 0 Å². The molecule has 0 aliphatic carbocycles. The monoisotopic (exact) mass is 240 g/mol. The van der Waals surface area contributed by atoms with Gasteiger partial charge in [-0.05, 0) is 31.2 Å². The van der Waals surface area contributed by atoms with Crippen molar-refractivity contribution in [3.05, 3.63) is 0 Å². The number of nitrogens with one attached hydrogen (secondary N) is 1. The molecule has 0 bridgehead atoms. The first kappa shape index (κ1) is 15.0. The standard InChI is InChI=1S/C15H32N2/c1-6-8-14-11-16-13(7-2)12-17(14)10-9-15(3,4)5/h13-14,16H,6-12H2,1-5H3. The van der Waals surface area contributed by atoms with Crippen molar-refractivity contribution < 1.29 is 0 Å². The van der Waals surface area contributed by atoms with Gasteiger partial charge in [-0.25, -0.2) is 0 Å². The quantitative estimate of drug-likeness (QED) is 0.793. The zero-order valence-electron chi connectivity index (χ0n) is 12.6. The fourth-order valence-electron chi connectivity index (χ4n) is 2.57. The van der Waals surface area contributed by atoms with Gasteiger partial charge in [0.15, 0.2) is 0 Å². The predicted molar refractivity (Wildman–Crippen MR) is 76.4 cm³/mol. The fraction of sp³-hybridized carbons (Fsp3) is 1.00. The summed E-state index contributed by atoms with van der Waals surface area (Å²) in [5, 5.41) is 3.69. The fourth-order valence-corrected chi connectivity index (χ4v) is 2.57. The van der Waals surface area contributed by atoms with Crippen LogP contribution in [0.25, 0.3) is 0 Å². The van der Waals surface area contributed by atoms with Crippen molar-refractivity contribution in [1.29, 1.82) is 0 Å². The second-order valence-electron chi connectivity index (χ2n) is 6.76. The maximum atomic E-state index is 3.69. The summed E-state index contributed by atoms with van der Waals surface area (Å²) < 4.78 is 0. The Balaban J connectivity index is 2.48. The van der Waals surface area contributed by atoms with Crippen LogP contribution in [-0.4, -0.2) is 36.6 Å². The smallest absolute Gasteiger partial charge is 0.0221 e. The van der Waals surface area contributed by atoms with E-state index in [9.17, 15) is 0 Å². The molecule has 1 aliphatic rings. The van der Waals surface area contributed by atoms with Gasteiger partial charge in [0.2, 0.25) is 0 Å². The van der Waals surface area contributed by atoms with E-state index in [-0.39, 0.29) is 0 Å². The zero-order chi connectivity index (χ0) is 12.9. The largest absolute Gasteiger partial charge is 0.311 e. The van der Waals surface area contributed by atoms with Gasteiger partial charge in [0.05, 0.1) is 0 Å². The maximum Gasteiger partial charge on any atom is 0.0221 e. The minimum atomic E-state index is 0.462. The van der Waals surface area contributed by atoms with Crippen molar-refractivity contribution in [1.82, 2.24) is 10.2 Å². The van der Waals surface area contributed by atoms with Crippen LogP contribution in [0, 0.1) is 5.41 Å². The molecule has 1 rings (SSSR count). The Morgan fingerprint density at radius 1 is 1.24 bits per heavy atom. The Hall–Kier alpha value is -0.0800. The molecule has 2 atom stereocenters. The Morgan fingerprint density at radius 3 is 2.47 bits per heavy atom. The first-order valence-electron chi connectivity index (χ1n) is 7.43. The van der Waals surface area contributed by atoms with Crippen LogP contribution in [0.5, 0.6) is 0 Å². The molecule has 0 spiro atoms. The first-order chi connectivity index (χ1) is 7.96. The molecule has 0 saturated carbocycles. The Morgan fingerprint density at radius 2 is 1.94 bits per heavy atom. The summed E-state index contributed by atoms with van der Waals surface area (Å²) in [5.41, 5.74) is 0.462. The summed E-state index contributed by atoms with van der Waals surface area (Å²) >= 11 is 0. The molecular weight excluding hydrogens is 208 g/mol. The SMILES string of the molecule is CCCC1CNC(CC)CN1CCC(C)(C)C. The molecule has 0 aromatic heterocycles. The van der Waals surface area contributed by atoms with Gasteiger partial charge in [-0.2, -0.15) is 0 Å². The van der Waals surface area contributed by atoms with Crippen LogP contribution in [-0.2, 0) is 0 Å². The third-order valence-corrected chi connectivity index (χ3v) is 3.88. The molecule has 0 aromatic carbocycles. The average Bonchev–Trinajstić information content (AvgIpc) is 2.27. The van der Waals surface area contributed by atoms with Crippen molar-refractivity contribution in [2.45, 2.75) is 72.4 Å². The second kappa shape index (κ2) is 6.75. The molecule has 1 saturated heterocycles. The van der Waals surface area contributed by atoms with Gasteiger partial charge in [-0.1, -0.05) is 41.0 Å². The number of hydrogen-bond donors (Lipinski definition) is 1. The topological polar surface area (TPSA) is 15.3 Å². The van der Waals surface area contributed by atoms with E-state index in [1.54, 1.807) is 0 Å². The molecule has 0 amide bonds. The molecule has 1 aliphatic heterocycles. The van der Waals surface area contributed by atoms with E-state index in [0.29, 0.717) is 11.5 Å². The molecule has 0 aromatic rings. The van der Waals surface area contributed by atoms with Crippen molar-refractivity contribution in [2.75, 3.05) is 19.6 Å². The molecule has 1 fully saturated rings. The predicted octanol–water partition coefficient (Wildman–Crippen LogP) is 3.28. The molecular formula is C15H32N2. The minimum Gasteiger partial charge on any atom is -0.311 e. The highest BCUT2D eigenvalue weighted by Gasteiger charge is 2.26. The van der Waals surface area contributed by atoms with E-state index in [4.69, 9.17) is 0 Å². The summed E-state index contributed by atoms with van der Waals surface area (Å²) in [4.78, 5) is 2.74. The van der Waals surface area contributed by atoms with E-state index in [2.05, 4.69) is 44.8 Å². The summed E-state index contributed by atoms with van der Waals surface area (Å²) in [7, 11) is 0. The van der Waals surface area contributed by atoms with Crippen LogP contribution < -0.4 is 5.32 Å². The normalized spacial score (nSPS) is 27.4. The molecule has 1 heterocycles. The van der Waals surface area contributed by atoms with Gasteiger partial charge in [0.1, 0.15) is 0 Å². The van der Waals surface area contributed by atoms with Crippen LogP contribution >= 0.6 is 0 Å². The van der Waals surface area contributed by atoms with Crippen molar-refractivity contribution in [3.63, 3.8) is 0 Å². The minimum absolute atomic E-state index is 0.462. The van der Waals surface area contributed by atoms with Crippen LogP contribution in [0.3, 0.4) is 0 Å². The lowest BCUT2D eigenvalue weighted by atomic mass is 9.91. The van der Waals surface area contributed by atoms with Gasteiger partial charge in [-0.3, -0.25) is 4.90 Å². The molecule has 2 unspecified atom stereocenters. The van der Waals surface area contributed by atoms with Gasteiger partial charge in [-0.15, -0.1) is 0 Å². The number of piperazine rings is 1. The highest BCUT2D eigenvalue weighted by molar-refractivity contribution is 4.85. The van der Waals surface area contributed by atoms with Crippen molar-refractivity contribution in [3.8, 4) is 0 Å². The lowest BCUT2D eigenvalue weighted by molar-refractivity contribution is 0.107. The molecule has 2 heteroatoms. The maximum absolute atomic E-state index is 3.69. The summed E-state index contributed by atoms with van der Waals surface area (Å²) in [5.74, 6) is 0. The summed E-state index contributed by atoms with van der Waals surface area (Å²) in [6.07, 6.45) is 5.21. The van der Waals surface area contributed by atoms with E-state index in [1.165, 1.54) is 45.3 Å². The highest BCUT2D eigenvalue weighted by Crippen LogP contribution is 2.22. The lowest BCUT2D eigenvalue weighted by Crippen LogP contribution is -2.56. The van der Waals surface area contributed by atoms with Gasteiger partial charge < -0.3 is 5.32 Å². The number of hydrogen-bond acceptors (Lipinski definition) is 2. The van der Waals surface area contributed by atoms with Gasteiger partial charge >= 0.3 is 0 Å². The van der Waals surface area contributed by atoms with Gasteiger partial charge in [0, 0.05) is 25.2 Å². The third-order valence-electron chi connectivity index (χ3n) is 3.88. The van der Waals surface area contributed by atoms with Gasteiger partial charge in [0.25, 0.3) is 0 Å². The Kier molecular flexibility index (Phi) is 5.94. The number of nitrogens with zero attached hydrogens (tertiary/aromatic N) is 1. The number of rotatable bonds is 5. The Labute approximate surface area is 108 Å². The average molecular weight is 240 g/mol. The summed E-state index contributed by atoms with van der Waals surface area (Å²) in [6, 6.07) is 1.48. The third kappa shape index (κ3) is 5.39. The first-order valence-corrected chi connectivity index (χ1v) is 7.43. The summed E-state index contributed by atoms with van der Waals surface area (Å²) in [6.45, 7) is 15.3. The van der Waals surface area contributed by atoms with E-state index in [0.717, 1.165) is 6.04 Å².